The van der Waals surface area contributed by atoms with Crippen LogP contribution in [0, 0.1) is 6.92 Å². The van der Waals surface area contributed by atoms with Crippen molar-refractivity contribution in [1.29, 1.82) is 0 Å². The molecule has 0 radical (unpaired) electrons. The van der Waals surface area contributed by atoms with Crippen LogP contribution in [0.4, 0.5) is 0 Å². The Balaban J connectivity index is 2.56. The van der Waals surface area contributed by atoms with Crippen molar-refractivity contribution in [3.05, 3.63) is 15.6 Å². The fourth-order valence-corrected chi connectivity index (χ4v) is 2.56. The Hall–Kier alpha value is -0.940. The van der Waals surface area contributed by atoms with E-state index in [1.54, 1.807) is 0 Å². The molecule has 1 aromatic rings. The fraction of sp³-hybridized carbons (Fsp3) is 0.667. The van der Waals surface area contributed by atoms with Crippen LogP contribution in [-0.2, 0) is 6.42 Å². The minimum absolute atomic E-state index is 0.0250. The molecule has 0 aliphatic heterocycles. The maximum absolute atomic E-state index is 11.9. The number of carbonyl (C=O) groups excluding carboxylic acids is 1. The summed E-state index contributed by atoms with van der Waals surface area (Å²) in [4.78, 5) is 17.0. The zero-order chi connectivity index (χ0) is 12.8. The van der Waals surface area contributed by atoms with E-state index >= 15 is 0 Å². The normalized spacial score (nSPS) is 12.5. The lowest BCUT2D eigenvalue weighted by atomic mass is 10.2. The largest absolute Gasteiger partial charge is 0.351 e. The molecule has 0 aromatic carbocycles. The van der Waals surface area contributed by atoms with Crippen LogP contribution in [0.15, 0.2) is 0 Å². The molecule has 17 heavy (non-hydrogen) atoms. The van der Waals surface area contributed by atoms with E-state index in [1.165, 1.54) is 11.3 Å². The second kappa shape index (κ2) is 6.71. The molecule has 1 rings (SSSR count). The van der Waals surface area contributed by atoms with Gasteiger partial charge in [0.25, 0.3) is 5.91 Å². The molecule has 0 aliphatic rings. The number of nitrogens with two attached hydrogens (primary N) is 1. The fourth-order valence-electron chi connectivity index (χ4n) is 1.48. The van der Waals surface area contributed by atoms with Gasteiger partial charge in [0.1, 0.15) is 4.88 Å². The maximum Gasteiger partial charge on any atom is 0.263 e. The van der Waals surface area contributed by atoms with Crippen molar-refractivity contribution < 1.29 is 4.79 Å². The number of carbonyl (C=O) groups is 1. The van der Waals surface area contributed by atoms with Crippen molar-refractivity contribution in [1.82, 2.24) is 10.3 Å². The lowest BCUT2D eigenvalue weighted by Crippen LogP contribution is -2.28. The van der Waals surface area contributed by atoms with Crippen LogP contribution in [-0.4, -0.2) is 23.5 Å². The third-order valence-corrected chi connectivity index (χ3v) is 3.61. The second-order valence-electron chi connectivity index (χ2n) is 4.29. The van der Waals surface area contributed by atoms with Crippen LogP contribution in [0.2, 0.25) is 0 Å². The Morgan fingerprint density at radius 3 is 2.88 bits per heavy atom. The monoisotopic (exact) mass is 255 g/mol. The highest BCUT2D eigenvalue weighted by Gasteiger charge is 2.14. The van der Waals surface area contributed by atoms with Crippen molar-refractivity contribution in [2.45, 2.75) is 46.1 Å². The third kappa shape index (κ3) is 4.44. The van der Waals surface area contributed by atoms with Gasteiger partial charge in [0.05, 0.1) is 10.7 Å². The summed E-state index contributed by atoms with van der Waals surface area (Å²) in [5.41, 5.74) is 6.46. The molecule has 1 atom stereocenters. The molecule has 1 unspecified atom stereocenters. The first-order chi connectivity index (χ1) is 8.04. The highest BCUT2D eigenvalue weighted by Crippen LogP contribution is 2.19. The smallest absolute Gasteiger partial charge is 0.263 e. The molecule has 5 heteroatoms. The van der Waals surface area contributed by atoms with Gasteiger partial charge < -0.3 is 11.1 Å². The van der Waals surface area contributed by atoms with Gasteiger partial charge in [-0.1, -0.05) is 6.92 Å². The van der Waals surface area contributed by atoms with Crippen molar-refractivity contribution in [2.24, 2.45) is 5.73 Å². The molecule has 0 aliphatic carbocycles. The van der Waals surface area contributed by atoms with Crippen LogP contribution in [0.25, 0.3) is 0 Å². The van der Waals surface area contributed by atoms with E-state index in [0.29, 0.717) is 6.54 Å². The van der Waals surface area contributed by atoms with Crippen molar-refractivity contribution >= 4 is 17.2 Å². The minimum Gasteiger partial charge on any atom is -0.351 e. The molecular formula is C12H21N3OS. The van der Waals surface area contributed by atoms with E-state index in [1.807, 2.05) is 13.8 Å². The lowest BCUT2D eigenvalue weighted by molar-refractivity contribution is 0.0956. The third-order valence-electron chi connectivity index (χ3n) is 2.40. The van der Waals surface area contributed by atoms with Gasteiger partial charge >= 0.3 is 0 Å². The molecule has 0 fully saturated rings. The molecule has 1 aromatic heterocycles. The Labute approximate surface area is 107 Å². The van der Waals surface area contributed by atoms with Crippen molar-refractivity contribution in [2.75, 3.05) is 6.54 Å². The Bertz CT molecular complexity index is 374. The van der Waals surface area contributed by atoms with Gasteiger partial charge in [-0.25, -0.2) is 4.98 Å². The Kier molecular flexibility index (Phi) is 5.58. The summed E-state index contributed by atoms with van der Waals surface area (Å²) in [5.74, 6) is -0.0250. The van der Waals surface area contributed by atoms with Gasteiger partial charge in [-0.3, -0.25) is 4.79 Å². The number of hydrogen-bond donors (Lipinski definition) is 2. The predicted octanol–water partition coefficient (Wildman–Crippen LogP) is 1.87. The molecule has 1 amide bonds. The Morgan fingerprint density at radius 1 is 1.59 bits per heavy atom. The quantitative estimate of drug-likeness (QED) is 0.815. The number of amides is 1. The zero-order valence-corrected chi connectivity index (χ0v) is 11.6. The van der Waals surface area contributed by atoms with Gasteiger partial charge in [-0.15, -0.1) is 11.3 Å². The molecule has 0 saturated heterocycles. The molecule has 3 N–H and O–H groups in total. The number of aromatic nitrogens is 1. The van der Waals surface area contributed by atoms with Gasteiger partial charge in [-0.05, 0) is 33.1 Å². The SMILES string of the molecule is CCCc1nc(C)c(C(=O)NCCC(C)N)s1. The zero-order valence-electron chi connectivity index (χ0n) is 10.7. The molecule has 96 valence electrons. The van der Waals surface area contributed by atoms with E-state index in [4.69, 9.17) is 5.73 Å². The number of nitrogens with one attached hydrogen (secondary N) is 1. The summed E-state index contributed by atoms with van der Waals surface area (Å²) in [6.07, 6.45) is 2.79. The van der Waals surface area contributed by atoms with Gasteiger partial charge in [0, 0.05) is 12.6 Å². The summed E-state index contributed by atoms with van der Waals surface area (Å²) < 4.78 is 0. The van der Waals surface area contributed by atoms with Crippen LogP contribution in [0.1, 0.15) is 47.1 Å². The maximum atomic E-state index is 11.9. The first kappa shape index (κ1) is 14.1. The van der Waals surface area contributed by atoms with Crippen molar-refractivity contribution in [3.8, 4) is 0 Å². The van der Waals surface area contributed by atoms with E-state index in [9.17, 15) is 4.79 Å². The molecule has 4 nitrogen and oxygen atoms in total. The topological polar surface area (TPSA) is 68.0 Å². The van der Waals surface area contributed by atoms with Gasteiger partial charge in [-0.2, -0.15) is 0 Å². The van der Waals surface area contributed by atoms with Gasteiger partial charge in [0.15, 0.2) is 0 Å². The molecule has 0 spiro atoms. The summed E-state index contributed by atoms with van der Waals surface area (Å²) in [6.45, 7) is 6.55. The number of thiazole rings is 1. The predicted molar refractivity (Wildman–Crippen MR) is 71.4 cm³/mol. The first-order valence-corrected chi connectivity index (χ1v) is 6.86. The first-order valence-electron chi connectivity index (χ1n) is 6.04. The Morgan fingerprint density at radius 2 is 2.29 bits per heavy atom. The van der Waals surface area contributed by atoms with Crippen LogP contribution in [0.5, 0.6) is 0 Å². The van der Waals surface area contributed by atoms with E-state index in [2.05, 4.69) is 17.2 Å². The summed E-state index contributed by atoms with van der Waals surface area (Å²) >= 11 is 1.50. The minimum atomic E-state index is -0.0250. The molecule has 0 bridgehead atoms. The number of aryl methyl sites for hydroxylation is 2. The molecule has 0 saturated carbocycles. The molecular weight excluding hydrogens is 234 g/mol. The van der Waals surface area contributed by atoms with Crippen molar-refractivity contribution in [3.63, 3.8) is 0 Å². The van der Waals surface area contributed by atoms with Crippen LogP contribution < -0.4 is 11.1 Å². The van der Waals surface area contributed by atoms with E-state index in [0.717, 1.165) is 34.8 Å². The number of nitrogens with zero attached hydrogens (tertiary/aromatic N) is 1. The highest BCUT2D eigenvalue weighted by atomic mass is 32.1. The summed E-state index contributed by atoms with van der Waals surface area (Å²) in [6, 6.07) is 0.119. The lowest BCUT2D eigenvalue weighted by Gasteiger charge is -2.06. The van der Waals surface area contributed by atoms with E-state index < -0.39 is 0 Å². The van der Waals surface area contributed by atoms with E-state index in [-0.39, 0.29) is 11.9 Å². The van der Waals surface area contributed by atoms with Crippen LogP contribution in [0.3, 0.4) is 0 Å². The van der Waals surface area contributed by atoms with Crippen LogP contribution >= 0.6 is 11.3 Å². The summed E-state index contributed by atoms with van der Waals surface area (Å²) in [5, 5.41) is 3.92. The number of rotatable bonds is 6. The summed E-state index contributed by atoms with van der Waals surface area (Å²) in [7, 11) is 0. The second-order valence-corrected chi connectivity index (χ2v) is 5.38. The molecule has 1 heterocycles. The standard InChI is InChI=1S/C12H21N3OS/c1-4-5-10-15-9(3)11(17-10)12(16)14-7-6-8(2)13/h8H,4-7,13H2,1-3H3,(H,14,16). The average Bonchev–Trinajstić information content (AvgIpc) is 2.59. The average molecular weight is 255 g/mol. The highest BCUT2D eigenvalue weighted by molar-refractivity contribution is 7.13. The number of hydrogen-bond acceptors (Lipinski definition) is 4. The van der Waals surface area contributed by atoms with Gasteiger partial charge in [0.2, 0.25) is 0 Å².